The van der Waals surface area contributed by atoms with E-state index >= 15 is 0 Å². The van der Waals surface area contributed by atoms with Crippen LogP contribution < -0.4 is 10.6 Å². The highest BCUT2D eigenvalue weighted by atomic mass is 32.2. The summed E-state index contributed by atoms with van der Waals surface area (Å²) in [4.78, 5) is 36.5. The Balaban J connectivity index is 2.13. The molecule has 0 fully saturated rings. The van der Waals surface area contributed by atoms with E-state index in [2.05, 4.69) is 15.4 Å². The summed E-state index contributed by atoms with van der Waals surface area (Å²) in [5.74, 6) is -0.0368. The molecule has 0 aliphatic carbocycles. The Labute approximate surface area is 147 Å². The fourth-order valence-corrected chi connectivity index (χ4v) is 3.36. The smallest absolute Gasteiger partial charge is 0.413 e. The summed E-state index contributed by atoms with van der Waals surface area (Å²) in [6.45, 7) is 2.04. The first-order valence-corrected chi connectivity index (χ1v) is 8.92. The van der Waals surface area contributed by atoms with Gasteiger partial charge >= 0.3 is 6.09 Å². The number of carbonyl (C=O) groups excluding carboxylic acids is 3. The van der Waals surface area contributed by atoms with Gasteiger partial charge in [0.15, 0.2) is 0 Å². The molecule has 1 aromatic heterocycles. The molecule has 6 nitrogen and oxygen atoms in total. The second-order valence-corrected chi connectivity index (χ2v) is 6.78. The van der Waals surface area contributed by atoms with Gasteiger partial charge in [-0.1, -0.05) is 13.0 Å². The van der Waals surface area contributed by atoms with Crippen LogP contribution in [-0.2, 0) is 4.74 Å². The van der Waals surface area contributed by atoms with Crippen LogP contribution in [0.1, 0.15) is 27.6 Å². The van der Waals surface area contributed by atoms with Crippen molar-refractivity contribution < 1.29 is 19.1 Å². The van der Waals surface area contributed by atoms with Crippen molar-refractivity contribution in [3.63, 3.8) is 0 Å². The van der Waals surface area contributed by atoms with E-state index in [-0.39, 0.29) is 11.5 Å². The number of benzene rings is 1. The third kappa shape index (κ3) is 4.59. The van der Waals surface area contributed by atoms with E-state index in [1.165, 1.54) is 24.5 Å². The molecule has 2 aromatic rings. The Morgan fingerprint density at radius 3 is 2.71 bits per heavy atom. The number of methoxy groups -OCH3 is 1. The highest BCUT2D eigenvalue weighted by molar-refractivity contribution is 7.99. The van der Waals surface area contributed by atoms with E-state index < -0.39 is 12.0 Å². The molecule has 8 heteroatoms. The summed E-state index contributed by atoms with van der Waals surface area (Å²) in [6.07, 6.45) is -0.854. The number of thiophene rings is 1. The lowest BCUT2D eigenvalue weighted by Gasteiger charge is -2.07. The zero-order chi connectivity index (χ0) is 17.5. The highest BCUT2D eigenvalue weighted by Crippen LogP contribution is 2.25. The molecule has 3 amide bonds. The fourth-order valence-electron chi connectivity index (χ4n) is 1.87. The summed E-state index contributed by atoms with van der Waals surface area (Å²) in [6, 6.07) is 8.78. The quantitative estimate of drug-likeness (QED) is 0.792. The number of amides is 3. The topological polar surface area (TPSA) is 84.5 Å². The van der Waals surface area contributed by atoms with Gasteiger partial charge in [0.05, 0.1) is 12.7 Å². The van der Waals surface area contributed by atoms with E-state index in [0.29, 0.717) is 10.6 Å². The number of nitrogens with one attached hydrogen (secondary N) is 2. The Morgan fingerprint density at radius 2 is 2.00 bits per heavy atom. The second kappa shape index (κ2) is 8.51. The van der Waals surface area contributed by atoms with Gasteiger partial charge in [-0.25, -0.2) is 4.79 Å². The lowest BCUT2D eigenvalue weighted by Crippen LogP contribution is -2.30. The number of rotatable bonds is 5. The fraction of sp³-hybridized carbons (Fsp3) is 0.188. The molecular weight excluding hydrogens is 348 g/mol. The van der Waals surface area contributed by atoms with Crippen molar-refractivity contribution in [1.82, 2.24) is 5.32 Å². The van der Waals surface area contributed by atoms with Gasteiger partial charge in [0.1, 0.15) is 5.00 Å². The van der Waals surface area contributed by atoms with E-state index in [4.69, 9.17) is 0 Å². The average Bonchev–Trinajstić information content (AvgIpc) is 3.03. The number of carbonyl (C=O) groups is 3. The van der Waals surface area contributed by atoms with Crippen molar-refractivity contribution in [2.45, 2.75) is 11.8 Å². The number of hydrogen-bond acceptors (Lipinski definition) is 6. The third-order valence-electron chi connectivity index (χ3n) is 2.95. The lowest BCUT2D eigenvalue weighted by molar-refractivity contribution is 0.0938. The first-order chi connectivity index (χ1) is 11.5. The Kier molecular flexibility index (Phi) is 6.39. The first-order valence-electron chi connectivity index (χ1n) is 7.06. The van der Waals surface area contributed by atoms with Crippen molar-refractivity contribution in [1.29, 1.82) is 0 Å². The minimum atomic E-state index is -0.854. The van der Waals surface area contributed by atoms with Crippen molar-refractivity contribution in [2.75, 3.05) is 18.2 Å². The van der Waals surface area contributed by atoms with Crippen molar-refractivity contribution in [3.05, 3.63) is 46.8 Å². The number of thioether (sulfide) groups is 1. The Morgan fingerprint density at radius 1 is 1.21 bits per heavy atom. The summed E-state index contributed by atoms with van der Waals surface area (Å²) in [5, 5.41) is 6.80. The van der Waals surface area contributed by atoms with Crippen LogP contribution in [0.3, 0.4) is 0 Å². The molecule has 1 heterocycles. The Bertz CT molecular complexity index is 758. The van der Waals surface area contributed by atoms with E-state index in [1.54, 1.807) is 29.3 Å². The summed E-state index contributed by atoms with van der Waals surface area (Å²) >= 11 is 2.84. The molecule has 0 saturated heterocycles. The van der Waals surface area contributed by atoms with E-state index in [0.717, 1.165) is 10.6 Å². The maximum Gasteiger partial charge on any atom is 0.413 e. The minimum absolute atomic E-state index is 0.206. The molecule has 0 aliphatic rings. The number of ether oxygens (including phenoxy) is 1. The predicted molar refractivity (Wildman–Crippen MR) is 95.0 cm³/mol. The van der Waals surface area contributed by atoms with Gasteiger partial charge in [0.2, 0.25) is 0 Å². The van der Waals surface area contributed by atoms with Gasteiger partial charge in [-0.2, -0.15) is 0 Å². The second-order valence-electron chi connectivity index (χ2n) is 4.52. The molecule has 0 saturated carbocycles. The number of anilines is 1. The molecule has 0 aliphatic heterocycles. The van der Waals surface area contributed by atoms with Crippen molar-refractivity contribution in [3.8, 4) is 0 Å². The van der Waals surface area contributed by atoms with Gasteiger partial charge in [0.25, 0.3) is 11.8 Å². The van der Waals surface area contributed by atoms with Crippen LogP contribution in [-0.4, -0.2) is 30.8 Å². The van der Waals surface area contributed by atoms with Crippen LogP contribution in [0.4, 0.5) is 9.80 Å². The van der Waals surface area contributed by atoms with Gasteiger partial charge in [-0.05, 0) is 35.4 Å². The van der Waals surface area contributed by atoms with Crippen LogP contribution in [0.2, 0.25) is 0 Å². The zero-order valence-electron chi connectivity index (χ0n) is 13.1. The average molecular weight is 364 g/mol. The molecule has 0 spiro atoms. The maximum absolute atomic E-state index is 12.4. The van der Waals surface area contributed by atoms with Crippen LogP contribution in [0, 0.1) is 0 Å². The zero-order valence-corrected chi connectivity index (χ0v) is 14.8. The van der Waals surface area contributed by atoms with Crippen LogP contribution in [0.5, 0.6) is 0 Å². The highest BCUT2D eigenvalue weighted by Gasteiger charge is 2.18. The van der Waals surface area contributed by atoms with E-state index in [1.807, 2.05) is 19.1 Å². The molecule has 0 atom stereocenters. The summed E-state index contributed by atoms with van der Waals surface area (Å²) in [5.41, 5.74) is 0.707. The first kappa shape index (κ1) is 18.0. The number of alkyl carbamates (subject to hydrolysis) is 1. The van der Waals surface area contributed by atoms with Gasteiger partial charge in [0, 0.05) is 10.5 Å². The standard InChI is InChI=1S/C16H16N2O4S2/c1-3-23-11-6-4-5-10(9-11)13(19)17-15-12(7-8-24-15)14(20)18-16(21)22-2/h4-9H,3H2,1-2H3,(H,17,19)(H,18,20,21). The van der Waals surface area contributed by atoms with Gasteiger partial charge in [-0.15, -0.1) is 23.1 Å². The normalized spacial score (nSPS) is 10.1. The van der Waals surface area contributed by atoms with Gasteiger partial charge < -0.3 is 10.1 Å². The monoisotopic (exact) mass is 364 g/mol. The number of imide groups is 1. The lowest BCUT2D eigenvalue weighted by atomic mass is 10.2. The molecule has 0 radical (unpaired) electrons. The van der Waals surface area contributed by atoms with Crippen molar-refractivity contribution >= 4 is 46.0 Å². The summed E-state index contributed by atoms with van der Waals surface area (Å²) in [7, 11) is 1.17. The molecule has 126 valence electrons. The van der Waals surface area contributed by atoms with E-state index in [9.17, 15) is 14.4 Å². The molecule has 0 unspecified atom stereocenters. The maximum atomic E-state index is 12.4. The molecular formula is C16H16N2O4S2. The molecule has 2 rings (SSSR count). The van der Waals surface area contributed by atoms with Gasteiger partial charge in [-0.3, -0.25) is 14.9 Å². The number of hydrogen-bond donors (Lipinski definition) is 2. The van der Waals surface area contributed by atoms with Crippen LogP contribution >= 0.6 is 23.1 Å². The predicted octanol–water partition coefficient (Wildman–Crippen LogP) is 3.61. The largest absolute Gasteiger partial charge is 0.453 e. The molecule has 1 aromatic carbocycles. The van der Waals surface area contributed by atoms with Crippen molar-refractivity contribution in [2.24, 2.45) is 0 Å². The van der Waals surface area contributed by atoms with Crippen LogP contribution in [0.25, 0.3) is 0 Å². The molecule has 0 bridgehead atoms. The van der Waals surface area contributed by atoms with Crippen LogP contribution in [0.15, 0.2) is 40.6 Å². The Hall–Kier alpha value is -2.32. The minimum Gasteiger partial charge on any atom is -0.453 e. The molecule has 2 N–H and O–H groups in total. The molecule has 24 heavy (non-hydrogen) atoms. The summed E-state index contributed by atoms with van der Waals surface area (Å²) < 4.78 is 4.39. The third-order valence-corrected chi connectivity index (χ3v) is 4.65. The SMILES string of the molecule is CCSc1cccc(C(=O)Nc2sccc2C(=O)NC(=O)OC)c1.